The highest BCUT2D eigenvalue weighted by Gasteiger charge is 2.48. The lowest BCUT2D eigenvalue weighted by molar-refractivity contribution is -0.134. The Hall–Kier alpha value is -3.06. The van der Waals surface area contributed by atoms with Gasteiger partial charge in [-0.25, -0.2) is 4.79 Å². The Morgan fingerprint density at radius 3 is 2.67 bits per heavy atom. The number of hydrogen-bond acceptors (Lipinski definition) is 4. The average molecular weight is 430 g/mol. The lowest BCUT2D eigenvalue weighted by Gasteiger charge is -2.23. The molecule has 0 radical (unpaired) electrons. The molecule has 0 aliphatic carbocycles. The number of amides is 4. The predicted molar refractivity (Wildman–Crippen MR) is 113 cm³/mol. The van der Waals surface area contributed by atoms with Gasteiger partial charge < -0.3 is 15.4 Å². The van der Waals surface area contributed by atoms with Crippen molar-refractivity contribution in [2.45, 2.75) is 31.8 Å². The van der Waals surface area contributed by atoms with E-state index in [4.69, 9.17) is 16.3 Å². The zero-order valence-electron chi connectivity index (χ0n) is 17.1. The molecular weight excluding hydrogens is 406 g/mol. The molecule has 0 bridgehead atoms. The summed E-state index contributed by atoms with van der Waals surface area (Å²) in [6, 6.07) is 13.5. The third-order valence-corrected chi connectivity index (χ3v) is 5.34. The first-order valence-electron chi connectivity index (χ1n) is 9.54. The summed E-state index contributed by atoms with van der Waals surface area (Å²) in [5.74, 6) is -0.260. The van der Waals surface area contributed by atoms with Crippen molar-refractivity contribution in [3.8, 4) is 5.75 Å². The van der Waals surface area contributed by atoms with Crippen LogP contribution in [0.25, 0.3) is 0 Å². The number of imide groups is 1. The molecule has 2 aromatic rings. The Morgan fingerprint density at radius 2 is 1.97 bits per heavy atom. The fraction of sp³-hybridized carbons (Fsp3) is 0.318. The van der Waals surface area contributed by atoms with Crippen LogP contribution in [0.2, 0.25) is 5.02 Å². The van der Waals surface area contributed by atoms with Crippen LogP contribution < -0.4 is 15.4 Å². The quantitative estimate of drug-likeness (QED) is 0.662. The van der Waals surface area contributed by atoms with Crippen molar-refractivity contribution in [1.29, 1.82) is 0 Å². The molecule has 8 heteroatoms. The Labute approximate surface area is 180 Å². The lowest BCUT2D eigenvalue weighted by atomic mass is 9.92. The molecule has 1 heterocycles. The first kappa shape index (κ1) is 21.6. The van der Waals surface area contributed by atoms with Crippen molar-refractivity contribution in [1.82, 2.24) is 15.5 Å². The van der Waals surface area contributed by atoms with Crippen molar-refractivity contribution in [3.05, 3.63) is 64.7 Å². The fourth-order valence-corrected chi connectivity index (χ4v) is 3.73. The number of rotatable bonds is 7. The highest BCUT2D eigenvalue weighted by Crippen LogP contribution is 2.27. The zero-order valence-corrected chi connectivity index (χ0v) is 17.8. The predicted octanol–water partition coefficient (Wildman–Crippen LogP) is 3.08. The molecule has 7 nitrogen and oxygen atoms in total. The molecule has 2 aromatic carbocycles. The van der Waals surface area contributed by atoms with Crippen LogP contribution in [-0.2, 0) is 16.0 Å². The molecule has 0 spiro atoms. The van der Waals surface area contributed by atoms with Gasteiger partial charge in [-0.05, 0) is 43.2 Å². The number of ether oxygens (including phenoxy) is 1. The van der Waals surface area contributed by atoms with E-state index in [9.17, 15) is 14.4 Å². The number of carbonyl (C=O) groups is 3. The number of benzene rings is 2. The van der Waals surface area contributed by atoms with Crippen molar-refractivity contribution >= 4 is 29.4 Å². The molecule has 2 atom stereocenters. The van der Waals surface area contributed by atoms with Crippen molar-refractivity contribution < 1.29 is 19.1 Å². The van der Waals surface area contributed by atoms with Gasteiger partial charge in [0, 0.05) is 11.4 Å². The highest BCUT2D eigenvalue weighted by atomic mass is 35.5. The normalized spacial score (nSPS) is 19.4. The Morgan fingerprint density at radius 1 is 1.23 bits per heavy atom. The molecule has 0 saturated carbocycles. The van der Waals surface area contributed by atoms with Gasteiger partial charge in [0.05, 0.1) is 13.2 Å². The first-order valence-corrected chi connectivity index (χ1v) is 9.92. The van der Waals surface area contributed by atoms with Crippen LogP contribution >= 0.6 is 11.6 Å². The number of para-hydroxylation sites is 1. The van der Waals surface area contributed by atoms with E-state index in [0.717, 1.165) is 16.0 Å². The Kier molecular flexibility index (Phi) is 6.31. The van der Waals surface area contributed by atoms with Gasteiger partial charge in [-0.15, -0.1) is 0 Å². The topological polar surface area (TPSA) is 87.7 Å². The summed E-state index contributed by atoms with van der Waals surface area (Å²) in [7, 11) is 1.55. The SMILES string of the molecule is COc1ccccc1C[C@]1(C)NC(=O)N(CC(=O)N[C@@H](C)c2cccc(Cl)c2)C1=O. The summed E-state index contributed by atoms with van der Waals surface area (Å²) in [6.07, 6.45) is 0.249. The molecule has 30 heavy (non-hydrogen) atoms. The van der Waals surface area contributed by atoms with Crippen LogP contribution in [0.3, 0.4) is 0 Å². The summed E-state index contributed by atoms with van der Waals surface area (Å²) in [4.78, 5) is 38.9. The average Bonchev–Trinajstić information content (AvgIpc) is 2.91. The van der Waals surface area contributed by atoms with Crippen LogP contribution in [0.1, 0.15) is 31.0 Å². The van der Waals surface area contributed by atoms with Gasteiger partial charge in [0.2, 0.25) is 5.91 Å². The molecule has 158 valence electrons. The van der Waals surface area contributed by atoms with E-state index < -0.39 is 23.4 Å². The van der Waals surface area contributed by atoms with Gasteiger partial charge in [0.1, 0.15) is 17.8 Å². The Balaban J connectivity index is 1.67. The van der Waals surface area contributed by atoms with E-state index in [-0.39, 0.29) is 19.0 Å². The standard InChI is InChI=1S/C22H24ClN3O4/c1-14(15-8-6-9-17(23)11-15)24-19(27)13-26-20(28)22(2,25-21(26)29)12-16-7-4-5-10-18(16)30-3/h4-11,14H,12-13H2,1-3H3,(H,24,27)(H,25,29)/t14-,22-/m0/s1. The van der Waals surface area contributed by atoms with Gasteiger partial charge >= 0.3 is 6.03 Å². The molecule has 1 aliphatic rings. The van der Waals surface area contributed by atoms with Crippen molar-refractivity contribution in [2.24, 2.45) is 0 Å². The van der Waals surface area contributed by atoms with Crippen LogP contribution in [0.4, 0.5) is 4.79 Å². The monoisotopic (exact) mass is 429 g/mol. The van der Waals surface area contributed by atoms with Crippen LogP contribution in [-0.4, -0.2) is 41.9 Å². The van der Waals surface area contributed by atoms with Gasteiger partial charge in [-0.3, -0.25) is 14.5 Å². The number of halogens is 1. The Bertz CT molecular complexity index is 980. The van der Waals surface area contributed by atoms with Crippen LogP contribution in [0.15, 0.2) is 48.5 Å². The summed E-state index contributed by atoms with van der Waals surface area (Å²) in [6.45, 7) is 3.09. The molecule has 1 fully saturated rings. The van der Waals surface area contributed by atoms with Crippen LogP contribution in [0, 0.1) is 0 Å². The summed E-state index contributed by atoms with van der Waals surface area (Å²) in [5.41, 5.74) is 0.455. The molecule has 3 rings (SSSR count). The molecule has 2 N–H and O–H groups in total. The lowest BCUT2D eigenvalue weighted by Crippen LogP contribution is -2.47. The minimum atomic E-state index is -1.16. The third-order valence-electron chi connectivity index (χ3n) is 5.11. The number of nitrogens with zero attached hydrogens (tertiary/aromatic N) is 1. The van der Waals surface area contributed by atoms with Crippen LogP contribution in [0.5, 0.6) is 5.75 Å². The molecule has 0 unspecified atom stereocenters. The summed E-state index contributed by atoms with van der Waals surface area (Å²) < 4.78 is 5.34. The maximum Gasteiger partial charge on any atom is 0.325 e. The number of urea groups is 1. The number of methoxy groups -OCH3 is 1. The molecule has 1 saturated heterocycles. The number of carbonyl (C=O) groups excluding carboxylic acids is 3. The van der Waals surface area contributed by atoms with E-state index in [1.807, 2.05) is 24.3 Å². The summed E-state index contributed by atoms with van der Waals surface area (Å²) >= 11 is 5.99. The highest BCUT2D eigenvalue weighted by molar-refractivity contribution is 6.30. The fourth-order valence-electron chi connectivity index (χ4n) is 3.53. The maximum atomic E-state index is 13.0. The van der Waals surface area contributed by atoms with Gasteiger partial charge in [0.25, 0.3) is 5.91 Å². The summed E-state index contributed by atoms with van der Waals surface area (Å²) in [5, 5.41) is 6.07. The second-order valence-corrected chi connectivity index (χ2v) is 7.92. The number of hydrogen-bond donors (Lipinski definition) is 2. The largest absolute Gasteiger partial charge is 0.496 e. The molecule has 4 amide bonds. The molecular formula is C22H24ClN3O4. The molecule has 1 aliphatic heterocycles. The van der Waals surface area contributed by atoms with Gasteiger partial charge in [-0.2, -0.15) is 0 Å². The van der Waals surface area contributed by atoms with E-state index in [1.54, 1.807) is 45.2 Å². The minimum Gasteiger partial charge on any atom is -0.496 e. The van der Waals surface area contributed by atoms with Gasteiger partial charge in [0.15, 0.2) is 0 Å². The van der Waals surface area contributed by atoms with Crippen molar-refractivity contribution in [2.75, 3.05) is 13.7 Å². The van der Waals surface area contributed by atoms with E-state index >= 15 is 0 Å². The third kappa shape index (κ3) is 4.57. The maximum absolute atomic E-state index is 13.0. The second kappa shape index (κ2) is 8.75. The van der Waals surface area contributed by atoms with Gasteiger partial charge in [-0.1, -0.05) is 41.9 Å². The second-order valence-electron chi connectivity index (χ2n) is 7.49. The van der Waals surface area contributed by atoms with Crippen molar-refractivity contribution in [3.63, 3.8) is 0 Å². The van der Waals surface area contributed by atoms with E-state index in [1.165, 1.54) is 0 Å². The number of nitrogens with one attached hydrogen (secondary N) is 2. The molecule has 0 aromatic heterocycles. The minimum absolute atomic E-state index is 0.249. The zero-order chi connectivity index (χ0) is 21.9. The smallest absolute Gasteiger partial charge is 0.325 e. The van der Waals surface area contributed by atoms with E-state index in [0.29, 0.717) is 10.8 Å². The first-order chi connectivity index (χ1) is 14.2. The van der Waals surface area contributed by atoms with E-state index in [2.05, 4.69) is 10.6 Å².